The molecule has 1 rings (SSSR count). The van der Waals surface area contributed by atoms with Gasteiger partial charge in [-0.3, -0.25) is 9.69 Å². The number of unbranched alkanes of at least 4 members (excludes halogenated alkanes) is 2. The zero-order valence-electron chi connectivity index (χ0n) is 9.93. The zero-order chi connectivity index (χ0) is 10.9. The van der Waals surface area contributed by atoms with Gasteiger partial charge in [0.25, 0.3) is 0 Å². The number of nitrogens with one attached hydrogen (secondary N) is 1. The Labute approximate surface area is 93.2 Å². The molecule has 1 N–H and O–H groups in total. The first kappa shape index (κ1) is 12.7. The third-order valence-electron chi connectivity index (χ3n) is 2.89. The van der Waals surface area contributed by atoms with Gasteiger partial charge in [0, 0.05) is 19.5 Å². The van der Waals surface area contributed by atoms with Crippen LogP contribution in [0.1, 0.15) is 39.0 Å². The second kappa shape index (κ2) is 7.83. The van der Waals surface area contributed by atoms with E-state index in [0.717, 1.165) is 39.0 Å². The molecule has 0 spiro atoms. The van der Waals surface area contributed by atoms with Crippen molar-refractivity contribution in [1.82, 2.24) is 10.2 Å². The normalized spacial score (nSPS) is 18.7. The van der Waals surface area contributed by atoms with Crippen LogP contribution in [0.3, 0.4) is 0 Å². The highest BCUT2D eigenvalue weighted by molar-refractivity contribution is 5.80. The number of hydrogen-bond donors (Lipinski definition) is 1. The Balaban J connectivity index is 2.12. The van der Waals surface area contributed by atoms with Crippen LogP contribution in [-0.4, -0.2) is 43.4 Å². The molecule has 0 aromatic carbocycles. The largest absolute Gasteiger partial charge is 0.315 e. The summed E-state index contributed by atoms with van der Waals surface area (Å²) in [6.45, 7) is 7.07. The summed E-state index contributed by atoms with van der Waals surface area (Å²) in [6.07, 6.45) is 5.40. The number of Topliss-reactive ketones (excluding diaryl/α,β-unsaturated/α-hetero) is 1. The summed E-state index contributed by atoms with van der Waals surface area (Å²) in [5.74, 6) is 0.422. The van der Waals surface area contributed by atoms with Crippen LogP contribution in [0.4, 0.5) is 0 Å². The van der Waals surface area contributed by atoms with Gasteiger partial charge in [-0.1, -0.05) is 19.8 Å². The number of rotatable bonds is 6. The Morgan fingerprint density at radius 2 is 2.13 bits per heavy atom. The third kappa shape index (κ3) is 5.90. The van der Waals surface area contributed by atoms with Crippen LogP contribution in [-0.2, 0) is 4.79 Å². The van der Waals surface area contributed by atoms with Crippen molar-refractivity contribution >= 4 is 5.78 Å². The van der Waals surface area contributed by atoms with Gasteiger partial charge >= 0.3 is 0 Å². The second-order valence-corrected chi connectivity index (χ2v) is 4.38. The Kier molecular flexibility index (Phi) is 6.60. The van der Waals surface area contributed by atoms with Crippen LogP contribution in [0.5, 0.6) is 0 Å². The Hall–Kier alpha value is -0.410. The lowest BCUT2D eigenvalue weighted by Gasteiger charge is -2.18. The van der Waals surface area contributed by atoms with Crippen LogP contribution >= 0.6 is 0 Å². The van der Waals surface area contributed by atoms with E-state index in [1.807, 2.05) is 0 Å². The molecule has 0 atom stereocenters. The topological polar surface area (TPSA) is 32.3 Å². The van der Waals surface area contributed by atoms with Gasteiger partial charge in [-0.25, -0.2) is 0 Å². The molecule has 1 saturated heterocycles. The maximum absolute atomic E-state index is 11.6. The molecule has 0 bridgehead atoms. The van der Waals surface area contributed by atoms with E-state index in [4.69, 9.17) is 0 Å². The van der Waals surface area contributed by atoms with Crippen molar-refractivity contribution in [3.05, 3.63) is 0 Å². The first-order valence-corrected chi connectivity index (χ1v) is 6.27. The smallest absolute Gasteiger partial charge is 0.146 e. The van der Waals surface area contributed by atoms with E-state index in [1.165, 1.54) is 19.3 Å². The molecule has 0 amide bonds. The molecule has 0 saturated carbocycles. The van der Waals surface area contributed by atoms with Crippen molar-refractivity contribution in [2.75, 3.05) is 32.7 Å². The molecule has 1 heterocycles. The quantitative estimate of drug-likeness (QED) is 0.676. The molecule has 0 radical (unpaired) electrons. The molecular weight excluding hydrogens is 188 g/mol. The highest BCUT2D eigenvalue weighted by atomic mass is 16.1. The maximum Gasteiger partial charge on any atom is 0.146 e. The predicted molar refractivity (Wildman–Crippen MR) is 63.1 cm³/mol. The van der Waals surface area contributed by atoms with E-state index in [1.54, 1.807) is 0 Å². The summed E-state index contributed by atoms with van der Waals surface area (Å²) < 4.78 is 0. The summed E-state index contributed by atoms with van der Waals surface area (Å²) in [4.78, 5) is 13.9. The van der Waals surface area contributed by atoms with Gasteiger partial charge in [0.2, 0.25) is 0 Å². The van der Waals surface area contributed by atoms with Crippen LogP contribution < -0.4 is 5.32 Å². The zero-order valence-corrected chi connectivity index (χ0v) is 9.93. The standard InChI is InChI=1S/C12H24N2O/c1-2-3-4-6-12(15)11-14-9-5-7-13-8-10-14/h13H,2-11H2,1H3. The lowest BCUT2D eigenvalue weighted by Crippen LogP contribution is -2.33. The molecule has 1 aliphatic rings. The molecule has 0 unspecified atom stereocenters. The number of hydrogen-bond acceptors (Lipinski definition) is 3. The Morgan fingerprint density at radius 3 is 2.93 bits per heavy atom. The lowest BCUT2D eigenvalue weighted by atomic mass is 10.1. The van der Waals surface area contributed by atoms with Gasteiger partial charge in [0.1, 0.15) is 5.78 Å². The van der Waals surface area contributed by atoms with E-state index in [-0.39, 0.29) is 0 Å². The Morgan fingerprint density at radius 1 is 1.27 bits per heavy atom. The lowest BCUT2D eigenvalue weighted by molar-refractivity contribution is -0.120. The minimum absolute atomic E-state index is 0.422. The van der Waals surface area contributed by atoms with Gasteiger partial charge in [-0.05, 0) is 25.9 Å². The first-order chi connectivity index (χ1) is 7.33. The van der Waals surface area contributed by atoms with E-state index >= 15 is 0 Å². The van der Waals surface area contributed by atoms with Crippen LogP contribution in [0.15, 0.2) is 0 Å². The van der Waals surface area contributed by atoms with Crippen molar-refractivity contribution < 1.29 is 4.79 Å². The van der Waals surface area contributed by atoms with Crippen molar-refractivity contribution in [3.8, 4) is 0 Å². The van der Waals surface area contributed by atoms with Crippen molar-refractivity contribution in [1.29, 1.82) is 0 Å². The first-order valence-electron chi connectivity index (χ1n) is 6.27. The van der Waals surface area contributed by atoms with E-state index < -0.39 is 0 Å². The summed E-state index contributed by atoms with van der Waals surface area (Å²) in [6, 6.07) is 0. The number of nitrogens with zero attached hydrogens (tertiary/aromatic N) is 1. The number of carbonyl (C=O) groups excluding carboxylic acids is 1. The molecule has 88 valence electrons. The van der Waals surface area contributed by atoms with Gasteiger partial charge in [0.15, 0.2) is 0 Å². The molecule has 0 aromatic rings. The molecule has 1 fully saturated rings. The fourth-order valence-electron chi connectivity index (χ4n) is 1.96. The summed E-state index contributed by atoms with van der Waals surface area (Å²) >= 11 is 0. The highest BCUT2D eigenvalue weighted by Gasteiger charge is 2.11. The molecule has 0 aromatic heterocycles. The summed E-state index contributed by atoms with van der Waals surface area (Å²) in [5.41, 5.74) is 0. The maximum atomic E-state index is 11.6. The van der Waals surface area contributed by atoms with Crippen LogP contribution in [0.2, 0.25) is 0 Å². The van der Waals surface area contributed by atoms with E-state index in [2.05, 4.69) is 17.1 Å². The monoisotopic (exact) mass is 212 g/mol. The van der Waals surface area contributed by atoms with Gasteiger partial charge in [-0.2, -0.15) is 0 Å². The minimum atomic E-state index is 0.422. The number of ketones is 1. The number of carbonyl (C=O) groups is 1. The van der Waals surface area contributed by atoms with Gasteiger partial charge < -0.3 is 5.32 Å². The van der Waals surface area contributed by atoms with E-state index in [9.17, 15) is 4.79 Å². The fraction of sp³-hybridized carbons (Fsp3) is 0.917. The van der Waals surface area contributed by atoms with E-state index in [0.29, 0.717) is 12.3 Å². The predicted octanol–water partition coefficient (Wildman–Crippen LogP) is 1.43. The van der Waals surface area contributed by atoms with Gasteiger partial charge in [0.05, 0.1) is 6.54 Å². The highest BCUT2D eigenvalue weighted by Crippen LogP contribution is 2.02. The third-order valence-corrected chi connectivity index (χ3v) is 2.89. The molecular formula is C12H24N2O. The minimum Gasteiger partial charge on any atom is -0.315 e. The van der Waals surface area contributed by atoms with Crippen molar-refractivity contribution in [2.45, 2.75) is 39.0 Å². The molecule has 0 aliphatic carbocycles. The fourth-order valence-corrected chi connectivity index (χ4v) is 1.96. The molecule has 3 heteroatoms. The Bertz CT molecular complexity index is 174. The second-order valence-electron chi connectivity index (χ2n) is 4.38. The van der Waals surface area contributed by atoms with Gasteiger partial charge in [-0.15, -0.1) is 0 Å². The molecule has 15 heavy (non-hydrogen) atoms. The average Bonchev–Trinajstić information content (AvgIpc) is 2.47. The van der Waals surface area contributed by atoms with Crippen LogP contribution in [0, 0.1) is 0 Å². The summed E-state index contributed by atoms with van der Waals surface area (Å²) in [5, 5.41) is 3.35. The molecule has 1 aliphatic heterocycles. The van der Waals surface area contributed by atoms with Crippen LogP contribution in [0.25, 0.3) is 0 Å². The van der Waals surface area contributed by atoms with Crippen molar-refractivity contribution in [3.63, 3.8) is 0 Å². The van der Waals surface area contributed by atoms with Crippen molar-refractivity contribution in [2.24, 2.45) is 0 Å². The summed E-state index contributed by atoms with van der Waals surface area (Å²) in [7, 11) is 0. The SMILES string of the molecule is CCCCCC(=O)CN1CCCNCC1. The average molecular weight is 212 g/mol. The molecule has 3 nitrogen and oxygen atoms in total.